The van der Waals surface area contributed by atoms with Crippen LogP contribution in [0.2, 0.25) is 0 Å². The highest BCUT2D eigenvalue weighted by Crippen LogP contribution is 2.24. The van der Waals surface area contributed by atoms with Gasteiger partial charge in [-0.15, -0.1) is 0 Å². The molecule has 0 heterocycles. The molecule has 21 heavy (non-hydrogen) atoms. The summed E-state index contributed by atoms with van der Waals surface area (Å²) in [5.41, 5.74) is 0.132. The molecule has 1 aromatic rings. The van der Waals surface area contributed by atoms with Gasteiger partial charge in [0.25, 0.3) is 0 Å². The number of methoxy groups -OCH3 is 1. The molecule has 3 nitrogen and oxygen atoms in total. The van der Waals surface area contributed by atoms with Crippen LogP contribution in [0.15, 0.2) is 18.2 Å². The number of nitrogens with one attached hydrogen (secondary N) is 1. The fraction of sp³-hybridized carbons (Fsp3) is 0.562. The first-order valence-electron chi connectivity index (χ1n) is 7.40. The van der Waals surface area contributed by atoms with Gasteiger partial charge in [0.1, 0.15) is 17.7 Å². The predicted molar refractivity (Wildman–Crippen MR) is 75.7 cm³/mol. The lowest BCUT2D eigenvalue weighted by Gasteiger charge is -2.24. The minimum Gasteiger partial charge on any atom is -0.468 e. The van der Waals surface area contributed by atoms with Crippen LogP contribution in [0, 0.1) is 11.6 Å². The van der Waals surface area contributed by atoms with Gasteiger partial charge in [0.15, 0.2) is 0 Å². The highest BCUT2D eigenvalue weighted by molar-refractivity contribution is 5.77. The molecule has 1 saturated carbocycles. The topological polar surface area (TPSA) is 38.3 Å². The van der Waals surface area contributed by atoms with E-state index < -0.39 is 23.6 Å². The third-order valence-electron chi connectivity index (χ3n) is 3.97. The molecule has 0 spiro atoms. The van der Waals surface area contributed by atoms with E-state index in [0.717, 1.165) is 37.8 Å². The van der Waals surface area contributed by atoms with E-state index in [-0.39, 0.29) is 11.6 Å². The fourth-order valence-electron chi connectivity index (χ4n) is 2.82. The van der Waals surface area contributed by atoms with Crippen LogP contribution < -0.4 is 5.32 Å². The van der Waals surface area contributed by atoms with E-state index in [1.165, 1.54) is 26.0 Å². The molecule has 0 bridgehead atoms. The Bertz CT molecular complexity index is 485. The lowest BCUT2D eigenvalue weighted by Crippen LogP contribution is -2.38. The van der Waals surface area contributed by atoms with Crippen molar-refractivity contribution in [1.82, 2.24) is 5.32 Å². The normalized spacial score (nSPS) is 18.0. The molecule has 5 heteroatoms. The van der Waals surface area contributed by atoms with Crippen LogP contribution in [0.1, 0.15) is 50.1 Å². The highest BCUT2D eigenvalue weighted by Gasteiger charge is 2.27. The van der Waals surface area contributed by atoms with Crippen LogP contribution in [0.3, 0.4) is 0 Å². The monoisotopic (exact) mass is 297 g/mol. The van der Waals surface area contributed by atoms with Crippen molar-refractivity contribution >= 4 is 5.97 Å². The Hall–Kier alpha value is -1.49. The number of halogens is 2. The summed E-state index contributed by atoms with van der Waals surface area (Å²) in [6.07, 6.45) is 6.47. The zero-order valence-electron chi connectivity index (χ0n) is 12.2. The zero-order chi connectivity index (χ0) is 15.2. The Balaban J connectivity index is 2.19. The maximum atomic E-state index is 13.9. The van der Waals surface area contributed by atoms with E-state index >= 15 is 0 Å². The van der Waals surface area contributed by atoms with Crippen molar-refractivity contribution in [2.45, 2.75) is 50.6 Å². The van der Waals surface area contributed by atoms with E-state index in [0.29, 0.717) is 0 Å². The van der Waals surface area contributed by atoms with E-state index in [2.05, 4.69) is 5.32 Å². The zero-order valence-corrected chi connectivity index (χ0v) is 12.2. The Kier molecular flexibility index (Phi) is 5.67. The van der Waals surface area contributed by atoms with Crippen LogP contribution in [-0.4, -0.2) is 19.1 Å². The molecular formula is C16H21F2NO2. The van der Waals surface area contributed by atoms with Crippen molar-refractivity contribution in [2.24, 2.45) is 0 Å². The summed E-state index contributed by atoms with van der Waals surface area (Å²) in [5.74, 6) is -1.94. The van der Waals surface area contributed by atoms with E-state index in [4.69, 9.17) is 4.74 Å². The molecule has 0 aliphatic heterocycles. The number of ether oxygens (including phenoxy) is 1. The number of benzene rings is 1. The van der Waals surface area contributed by atoms with Crippen LogP contribution in [0.25, 0.3) is 0 Å². The van der Waals surface area contributed by atoms with Gasteiger partial charge in [-0.1, -0.05) is 31.7 Å². The Morgan fingerprint density at radius 2 is 1.90 bits per heavy atom. The Morgan fingerprint density at radius 3 is 2.48 bits per heavy atom. The maximum absolute atomic E-state index is 13.9. The second-order valence-corrected chi connectivity index (χ2v) is 5.48. The molecule has 0 amide bonds. The van der Waals surface area contributed by atoms with Crippen molar-refractivity contribution in [2.75, 3.05) is 7.11 Å². The van der Waals surface area contributed by atoms with Gasteiger partial charge in [0.05, 0.1) is 7.11 Å². The van der Waals surface area contributed by atoms with Gasteiger partial charge in [-0.05, 0) is 18.9 Å². The van der Waals surface area contributed by atoms with Gasteiger partial charge in [-0.25, -0.2) is 13.6 Å². The minimum absolute atomic E-state index is 0.132. The Labute approximate surface area is 123 Å². The first kappa shape index (κ1) is 15.9. The number of esters is 1. The molecule has 1 aliphatic rings. The average molecular weight is 297 g/mol. The molecular weight excluding hydrogens is 276 g/mol. The fourth-order valence-corrected chi connectivity index (χ4v) is 2.82. The largest absolute Gasteiger partial charge is 0.468 e. The number of carbonyl (C=O) groups is 1. The lowest BCUT2D eigenvalue weighted by atomic mass is 10.0. The van der Waals surface area contributed by atoms with E-state index in [1.54, 1.807) is 0 Å². The molecule has 1 N–H and O–H groups in total. The average Bonchev–Trinajstić information content (AvgIpc) is 2.73. The standard InChI is InChI=1S/C16H21F2NO2/c1-21-16(20)15(13-9-8-11(17)10-14(13)18)19-12-6-4-2-3-5-7-12/h8-10,12,15,19H,2-7H2,1H3. The maximum Gasteiger partial charge on any atom is 0.327 e. The van der Waals surface area contributed by atoms with Crippen molar-refractivity contribution in [3.05, 3.63) is 35.4 Å². The molecule has 0 radical (unpaired) electrons. The van der Waals surface area contributed by atoms with Gasteiger partial charge in [0, 0.05) is 17.7 Å². The molecule has 116 valence electrons. The van der Waals surface area contributed by atoms with Crippen molar-refractivity contribution in [1.29, 1.82) is 0 Å². The number of hydrogen-bond acceptors (Lipinski definition) is 3. The second kappa shape index (κ2) is 7.50. The van der Waals surface area contributed by atoms with Crippen molar-refractivity contribution in [3.8, 4) is 0 Å². The summed E-state index contributed by atoms with van der Waals surface area (Å²) in [4.78, 5) is 12.0. The quantitative estimate of drug-likeness (QED) is 0.683. The van der Waals surface area contributed by atoms with Gasteiger partial charge in [-0.3, -0.25) is 5.32 Å². The van der Waals surface area contributed by atoms with E-state index in [9.17, 15) is 13.6 Å². The second-order valence-electron chi connectivity index (χ2n) is 5.48. The summed E-state index contributed by atoms with van der Waals surface area (Å²) < 4.78 is 31.7. The van der Waals surface area contributed by atoms with Crippen molar-refractivity contribution < 1.29 is 18.3 Å². The van der Waals surface area contributed by atoms with E-state index in [1.807, 2.05) is 0 Å². The third kappa shape index (κ3) is 4.24. The Morgan fingerprint density at radius 1 is 1.24 bits per heavy atom. The first-order valence-corrected chi connectivity index (χ1v) is 7.40. The number of carbonyl (C=O) groups excluding carboxylic acids is 1. The van der Waals surface area contributed by atoms with Crippen LogP contribution in [0.5, 0.6) is 0 Å². The molecule has 1 unspecified atom stereocenters. The first-order chi connectivity index (χ1) is 10.1. The van der Waals surface area contributed by atoms with Crippen LogP contribution in [0.4, 0.5) is 8.78 Å². The molecule has 1 aliphatic carbocycles. The third-order valence-corrected chi connectivity index (χ3v) is 3.97. The molecule has 1 aromatic carbocycles. The van der Waals surface area contributed by atoms with Crippen LogP contribution in [-0.2, 0) is 9.53 Å². The predicted octanol–water partition coefficient (Wildman–Crippen LogP) is 3.49. The lowest BCUT2D eigenvalue weighted by molar-refractivity contribution is -0.143. The molecule has 0 aromatic heterocycles. The van der Waals surface area contributed by atoms with Gasteiger partial charge in [-0.2, -0.15) is 0 Å². The highest BCUT2D eigenvalue weighted by atomic mass is 19.1. The molecule has 2 rings (SSSR count). The number of hydrogen-bond donors (Lipinski definition) is 1. The SMILES string of the molecule is COC(=O)C(NC1CCCCCC1)c1ccc(F)cc1F. The van der Waals surface area contributed by atoms with Gasteiger partial charge < -0.3 is 4.74 Å². The summed E-state index contributed by atoms with van der Waals surface area (Å²) >= 11 is 0. The van der Waals surface area contributed by atoms with Gasteiger partial charge >= 0.3 is 5.97 Å². The van der Waals surface area contributed by atoms with Crippen molar-refractivity contribution in [3.63, 3.8) is 0 Å². The summed E-state index contributed by atoms with van der Waals surface area (Å²) in [7, 11) is 1.27. The van der Waals surface area contributed by atoms with Gasteiger partial charge in [0.2, 0.25) is 0 Å². The minimum atomic E-state index is -0.890. The summed E-state index contributed by atoms with van der Waals surface area (Å²) in [6.45, 7) is 0. The summed E-state index contributed by atoms with van der Waals surface area (Å²) in [6, 6.07) is 2.51. The molecule has 1 atom stereocenters. The molecule has 0 saturated heterocycles. The number of rotatable bonds is 4. The summed E-state index contributed by atoms with van der Waals surface area (Å²) in [5, 5.41) is 3.19. The molecule has 1 fully saturated rings. The smallest absolute Gasteiger partial charge is 0.327 e. The van der Waals surface area contributed by atoms with Crippen LogP contribution >= 0.6 is 0 Å².